The normalized spacial score (nSPS) is 29.9. The summed E-state index contributed by atoms with van der Waals surface area (Å²) < 4.78 is 5.23. The van der Waals surface area contributed by atoms with E-state index in [1.54, 1.807) is 0 Å². The molecule has 0 spiro atoms. The van der Waals surface area contributed by atoms with Gasteiger partial charge in [-0.3, -0.25) is 0 Å². The van der Waals surface area contributed by atoms with Gasteiger partial charge in [-0.2, -0.15) is 0 Å². The van der Waals surface area contributed by atoms with E-state index in [1.165, 1.54) is 25.8 Å². The molecular formula is C12H21NO. The Bertz CT molecular complexity index is 208. The molecule has 2 rings (SSSR count). The minimum Gasteiger partial charge on any atom is -0.380 e. The molecule has 0 amide bonds. The highest BCUT2D eigenvalue weighted by atomic mass is 16.5. The van der Waals surface area contributed by atoms with Gasteiger partial charge in [-0.05, 0) is 31.7 Å². The quantitative estimate of drug-likeness (QED) is 0.692. The van der Waals surface area contributed by atoms with Crippen LogP contribution >= 0.6 is 0 Å². The second-order valence-electron chi connectivity index (χ2n) is 5.08. The van der Waals surface area contributed by atoms with Crippen molar-refractivity contribution in [2.45, 2.75) is 26.2 Å². The lowest BCUT2D eigenvalue weighted by Gasteiger charge is -2.38. The molecule has 1 unspecified atom stereocenters. The van der Waals surface area contributed by atoms with Crippen molar-refractivity contribution in [3.05, 3.63) is 12.2 Å². The van der Waals surface area contributed by atoms with Crippen LogP contribution in [0.2, 0.25) is 0 Å². The van der Waals surface area contributed by atoms with Gasteiger partial charge in [0, 0.05) is 12.0 Å². The van der Waals surface area contributed by atoms with Crippen molar-refractivity contribution in [2.24, 2.45) is 11.3 Å². The molecule has 2 aliphatic rings. The Labute approximate surface area is 86.7 Å². The molecule has 80 valence electrons. The predicted molar refractivity (Wildman–Crippen MR) is 58.3 cm³/mol. The molecule has 1 atom stereocenters. The lowest BCUT2D eigenvalue weighted by atomic mass is 9.88. The first-order chi connectivity index (χ1) is 6.79. The molecule has 2 nitrogen and oxygen atoms in total. The van der Waals surface area contributed by atoms with Crippen molar-refractivity contribution in [1.29, 1.82) is 0 Å². The molecule has 0 aromatic rings. The average Bonchev–Trinajstić information content (AvgIpc) is 2.17. The van der Waals surface area contributed by atoms with Gasteiger partial charge in [0.05, 0.1) is 13.2 Å². The maximum Gasteiger partial charge on any atom is 0.0554 e. The molecule has 1 aliphatic carbocycles. The Morgan fingerprint density at radius 1 is 1.43 bits per heavy atom. The van der Waals surface area contributed by atoms with Crippen LogP contribution in [0.5, 0.6) is 0 Å². The van der Waals surface area contributed by atoms with Crippen LogP contribution in [-0.4, -0.2) is 26.3 Å². The van der Waals surface area contributed by atoms with Crippen LogP contribution in [-0.2, 0) is 4.74 Å². The second-order valence-corrected chi connectivity index (χ2v) is 5.08. The minimum atomic E-state index is 0.421. The van der Waals surface area contributed by atoms with Crippen LogP contribution in [0.25, 0.3) is 0 Å². The molecule has 0 radical (unpaired) electrons. The summed E-state index contributed by atoms with van der Waals surface area (Å²) in [7, 11) is 0. The van der Waals surface area contributed by atoms with Crippen molar-refractivity contribution >= 4 is 0 Å². The molecular weight excluding hydrogens is 174 g/mol. The maximum atomic E-state index is 5.23. The Balaban J connectivity index is 1.60. The first-order valence-electron chi connectivity index (χ1n) is 5.72. The molecule has 1 heterocycles. The van der Waals surface area contributed by atoms with E-state index in [2.05, 4.69) is 24.4 Å². The Morgan fingerprint density at radius 2 is 2.29 bits per heavy atom. The van der Waals surface area contributed by atoms with Gasteiger partial charge in [0.15, 0.2) is 0 Å². The lowest BCUT2D eigenvalue weighted by Crippen LogP contribution is -2.48. The molecule has 1 N–H and O–H groups in total. The van der Waals surface area contributed by atoms with E-state index in [0.717, 1.165) is 25.7 Å². The summed E-state index contributed by atoms with van der Waals surface area (Å²) in [6, 6.07) is 0. The minimum absolute atomic E-state index is 0.421. The highest BCUT2D eigenvalue weighted by Gasteiger charge is 2.32. The number of hydrogen-bond donors (Lipinski definition) is 1. The summed E-state index contributed by atoms with van der Waals surface area (Å²) in [4.78, 5) is 0. The first-order valence-corrected chi connectivity index (χ1v) is 5.72. The average molecular weight is 195 g/mol. The highest BCUT2D eigenvalue weighted by molar-refractivity contribution is 4.91. The van der Waals surface area contributed by atoms with Gasteiger partial charge in [0.25, 0.3) is 0 Å². The van der Waals surface area contributed by atoms with Crippen molar-refractivity contribution in [3.63, 3.8) is 0 Å². The Kier molecular flexibility index (Phi) is 3.24. The molecule has 0 bridgehead atoms. The van der Waals surface area contributed by atoms with Gasteiger partial charge in [-0.1, -0.05) is 19.1 Å². The third-order valence-electron chi connectivity index (χ3n) is 3.26. The fourth-order valence-corrected chi connectivity index (χ4v) is 2.17. The van der Waals surface area contributed by atoms with Crippen LogP contribution in [0.3, 0.4) is 0 Å². The molecule has 1 saturated heterocycles. The second kappa shape index (κ2) is 4.45. The number of nitrogens with one attached hydrogen (secondary N) is 1. The Hall–Kier alpha value is -0.340. The van der Waals surface area contributed by atoms with E-state index in [0.29, 0.717) is 5.41 Å². The highest BCUT2D eigenvalue weighted by Crippen LogP contribution is 2.25. The number of ether oxygens (including phenoxy) is 1. The van der Waals surface area contributed by atoms with Crippen LogP contribution in [0.1, 0.15) is 26.2 Å². The van der Waals surface area contributed by atoms with Crippen molar-refractivity contribution in [1.82, 2.24) is 5.32 Å². The number of hydrogen-bond acceptors (Lipinski definition) is 2. The monoisotopic (exact) mass is 195 g/mol. The summed E-state index contributed by atoms with van der Waals surface area (Å²) in [5.74, 6) is 0.865. The van der Waals surface area contributed by atoms with Crippen molar-refractivity contribution < 1.29 is 4.74 Å². The topological polar surface area (TPSA) is 21.3 Å². The van der Waals surface area contributed by atoms with Crippen molar-refractivity contribution in [3.8, 4) is 0 Å². The van der Waals surface area contributed by atoms with Gasteiger partial charge < -0.3 is 10.1 Å². The molecule has 1 aliphatic heterocycles. The lowest BCUT2D eigenvalue weighted by molar-refractivity contribution is -0.0992. The van der Waals surface area contributed by atoms with E-state index in [1.807, 2.05) is 0 Å². The van der Waals surface area contributed by atoms with Crippen molar-refractivity contribution in [2.75, 3.05) is 26.3 Å². The third-order valence-corrected chi connectivity index (χ3v) is 3.26. The third kappa shape index (κ3) is 2.58. The molecule has 2 heteroatoms. The maximum absolute atomic E-state index is 5.23. The summed E-state index contributed by atoms with van der Waals surface area (Å²) in [5, 5.41) is 3.58. The van der Waals surface area contributed by atoms with Gasteiger partial charge in [-0.15, -0.1) is 0 Å². The molecule has 0 aromatic carbocycles. The van der Waals surface area contributed by atoms with Crippen LogP contribution in [0.4, 0.5) is 0 Å². The molecule has 14 heavy (non-hydrogen) atoms. The summed E-state index contributed by atoms with van der Waals surface area (Å²) in [6.45, 7) is 6.46. The standard InChI is InChI=1S/C12H21NO/c1-12(9-14-10-12)8-13-7-11-5-3-2-4-6-11/h2-3,11,13H,4-10H2,1H3. The van der Waals surface area contributed by atoms with E-state index in [9.17, 15) is 0 Å². The van der Waals surface area contributed by atoms with Gasteiger partial charge in [0.2, 0.25) is 0 Å². The summed E-state index contributed by atoms with van der Waals surface area (Å²) in [6.07, 6.45) is 8.52. The zero-order chi connectivity index (χ0) is 9.86. The number of rotatable bonds is 4. The van der Waals surface area contributed by atoms with Crippen LogP contribution in [0.15, 0.2) is 12.2 Å². The largest absolute Gasteiger partial charge is 0.380 e. The smallest absolute Gasteiger partial charge is 0.0554 e. The zero-order valence-corrected chi connectivity index (χ0v) is 9.09. The number of allylic oxidation sites excluding steroid dienone is 2. The van der Waals surface area contributed by atoms with Gasteiger partial charge in [-0.25, -0.2) is 0 Å². The fourth-order valence-electron chi connectivity index (χ4n) is 2.17. The molecule has 1 fully saturated rings. The van der Waals surface area contributed by atoms with Crippen LogP contribution < -0.4 is 5.32 Å². The SMILES string of the molecule is CC1(CNCC2CC=CCC2)COC1. The summed E-state index contributed by atoms with van der Waals surface area (Å²) >= 11 is 0. The van der Waals surface area contributed by atoms with E-state index >= 15 is 0 Å². The predicted octanol–water partition coefficient (Wildman–Crippen LogP) is 1.97. The fraction of sp³-hybridized carbons (Fsp3) is 0.833. The first kappa shape index (κ1) is 10.2. The summed E-state index contributed by atoms with van der Waals surface area (Å²) in [5.41, 5.74) is 0.421. The van der Waals surface area contributed by atoms with E-state index in [4.69, 9.17) is 4.74 Å². The van der Waals surface area contributed by atoms with Gasteiger partial charge >= 0.3 is 0 Å². The van der Waals surface area contributed by atoms with Gasteiger partial charge in [0.1, 0.15) is 0 Å². The zero-order valence-electron chi connectivity index (χ0n) is 9.09. The molecule has 0 saturated carbocycles. The molecule has 0 aromatic heterocycles. The Morgan fingerprint density at radius 3 is 2.86 bits per heavy atom. The van der Waals surface area contributed by atoms with Crippen LogP contribution in [0, 0.1) is 11.3 Å². The van der Waals surface area contributed by atoms with E-state index in [-0.39, 0.29) is 0 Å². The van der Waals surface area contributed by atoms with E-state index < -0.39 is 0 Å².